The van der Waals surface area contributed by atoms with Gasteiger partial charge in [0.05, 0.1) is 7.11 Å². The zero-order valence-electron chi connectivity index (χ0n) is 8.22. The van der Waals surface area contributed by atoms with Crippen molar-refractivity contribution in [1.29, 1.82) is 0 Å². The predicted molar refractivity (Wildman–Crippen MR) is 58.8 cm³/mol. The van der Waals surface area contributed by atoms with Gasteiger partial charge in [0, 0.05) is 6.20 Å². The van der Waals surface area contributed by atoms with E-state index >= 15 is 0 Å². The summed E-state index contributed by atoms with van der Waals surface area (Å²) in [5.41, 5.74) is 0.688. The number of esters is 1. The average molecular weight is 260 g/mol. The third-order valence-electron chi connectivity index (χ3n) is 1.98. The SMILES string of the molecule is COC(=O)c1cccn2nc(C(Cl)Cl)nc12. The highest BCUT2D eigenvalue weighted by molar-refractivity contribution is 6.43. The van der Waals surface area contributed by atoms with Gasteiger partial charge < -0.3 is 4.74 Å². The van der Waals surface area contributed by atoms with E-state index in [2.05, 4.69) is 14.8 Å². The molecule has 0 aliphatic heterocycles. The summed E-state index contributed by atoms with van der Waals surface area (Å²) in [7, 11) is 1.30. The Balaban J connectivity index is 2.63. The lowest BCUT2D eigenvalue weighted by Gasteiger charge is -1.99. The number of ether oxygens (including phenoxy) is 1. The fraction of sp³-hybridized carbons (Fsp3) is 0.222. The lowest BCUT2D eigenvalue weighted by atomic mass is 10.3. The van der Waals surface area contributed by atoms with Crippen molar-refractivity contribution < 1.29 is 9.53 Å². The van der Waals surface area contributed by atoms with E-state index in [1.807, 2.05) is 0 Å². The molecule has 0 radical (unpaired) electrons. The van der Waals surface area contributed by atoms with Gasteiger partial charge >= 0.3 is 5.97 Å². The predicted octanol–water partition coefficient (Wildman–Crippen LogP) is 1.99. The molecule has 0 spiro atoms. The van der Waals surface area contributed by atoms with E-state index in [0.29, 0.717) is 11.2 Å². The monoisotopic (exact) mass is 259 g/mol. The summed E-state index contributed by atoms with van der Waals surface area (Å²) in [5.74, 6) is -0.232. The minimum absolute atomic E-state index is 0.250. The zero-order chi connectivity index (χ0) is 11.7. The van der Waals surface area contributed by atoms with Crippen LogP contribution >= 0.6 is 23.2 Å². The smallest absolute Gasteiger partial charge is 0.341 e. The first-order chi connectivity index (χ1) is 7.63. The Hall–Kier alpha value is -1.33. The molecule has 0 amide bonds. The fourth-order valence-corrected chi connectivity index (χ4v) is 1.47. The maximum absolute atomic E-state index is 11.4. The van der Waals surface area contributed by atoms with Crippen molar-refractivity contribution in [2.75, 3.05) is 7.11 Å². The number of rotatable bonds is 2. The van der Waals surface area contributed by atoms with Gasteiger partial charge in [-0.05, 0) is 12.1 Å². The number of nitrogens with zero attached hydrogens (tertiary/aromatic N) is 3. The molecule has 0 unspecified atom stereocenters. The quantitative estimate of drug-likeness (QED) is 0.612. The van der Waals surface area contributed by atoms with Crippen LogP contribution in [0, 0.1) is 0 Å². The Kier molecular flexibility index (Phi) is 2.98. The zero-order valence-corrected chi connectivity index (χ0v) is 9.74. The van der Waals surface area contributed by atoms with E-state index in [4.69, 9.17) is 23.2 Å². The van der Waals surface area contributed by atoms with Crippen molar-refractivity contribution in [3.8, 4) is 0 Å². The molecule has 0 aliphatic rings. The molecule has 0 atom stereocenters. The summed E-state index contributed by atoms with van der Waals surface area (Å²) >= 11 is 11.3. The van der Waals surface area contributed by atoms with Gasteiger partial charge in [0.25, 0.3) is 0 Å². The van der Waals surface area contributed by atoms with Crippen molar-refractivity contribution in [3.63, 3.8) is 0 Å². The Morgan fingerprint density at radius 3 is 2.94 bits per heavy atom. The average Bonchev–Trinajstić information content (AvgIpc) is 2.71. The normalized spacial score (nSPS) is 11.0. The van der Waals surface area contributed by atoms with Crippen molar-refractivity contribution >= 4 is 34.8 Å². The van der Waals surface area contributed by atoms with Crippen LogP contribution in [0.3, 0.4) is 0 Å². The minimum Gasteiger partial charge on any atom is -0.465 e. The summed E-state index contributed by atoms with van der Waals surface area (Å²) in [6.07, 6.45) is 1.65. The number of pyridine rings is 1. The second-order valence-electron chi connectivity index (χ2n) is 2.95. The van der Waals surface area contributed by atoms with Crippen LogP contribution in [0.15, 0.2) is 18.3 Å². The molecule has 0 fully saturated rings. The van der Waals surface area contributed by atoms with Gasteiger partial charge in [0.1, 0.15) is 5.56 Å². The van der Waals surface area contributed by atoms with Crippen molar-refractivity contribution in [3.05, 3.63) is 29.7 Å². The number of aromatic nitrogens is 3. The molecule has 16 heavy (non-hydrogen) atoms. The molecule has 0 aromatic carbocycles. The molecule has 5 nitrogen and oxygen atoms in total. The number of hydrogen-bond donors (Lipinski definition) is 0. The van der Waals surface area contributed by atoms with Gasteiger partial charge in [-0.3, -0.25) is 0 Å². The third-order valence-corrected chi connectivity index (χ3v) is 2.37. The van der Waals surface area contributed by atoms with E-state index in [9.17, 15) is 4.79 Å². The van der Waals surface area contributed by atoms with Crippen LogP contribution in [-0.4, -0.2) is 27.7 Å². The first-order valence-corrected chi connectivity index (χ1v) is 5.22. The summed E-state index contributed by atoms with van der Waals surface area (Å²) in [5, 5.41) is 4.02. The maximum atomic E-state index is 11.4. The largest absolute Gasteiger partial charge is 0.465 e. The molecule has 84 valence electrons. The highest BCUT2D eigenvalue weighted by atomic mass is 35.5. The van der Waals surface area contributed by atoms with Gasteiger partial charge in [-0.25, -0.2) is 14.3 Å². The Labute approximate surface area is 101 Å². The summed E-state index contributed by atoms with van der Waals surface area (Å²) in [6.45, 7) is 0. The number of hydrogen-bond acceptors (Lipinski definition) is 4. The second-order valence-corrected chi connectivity index (χ2v) is 4.05. The standard InChI is InChI=1S/C9H7Cl2N3O2/c1-16-9(15)5-3-2-4-14-8(5)12-7(13-14)6(10)11/h2-4,6H,1H3. The van der Waals surface area contributed by atoms with Gasteiger partial charge in [-0.2, -0.15) is 0 Å². The molecule has 0 N–H and O–H groups in total. The molecule has 2 rings (SSSR count). The molecular formula is C9H7Cl2N3O2. The molecule has 0 aliphatic carbocycles. The maximum Gasteiger partial charge on any atom is 0.341 e. The van der Waals surface area contributed by atoms with Gasteiger partial charge in [0.15, 0.2) is 16.3 Å². The van der Waals surface area contributed by atoms with E-state index in [1.165, 1.54) is 11.6 Å². The molecule has 7 heteroatoms. The minimum atomic E-state index is -0.828. The molecular weight excluding hydrogens is 253 g/mol. The van der Waals surface area contributed by atoms with Crippen LogP contribution in [-0.2, 0) is 4.74 Å². The molecule has 2 aromatic heterocycles. The number of halogens is 2. The van der Waals surface area contributed by atoms with Gasteiger partial charge in [0.2, 0.25) is 0 Å². The van der Waals surface area contributed by atoms with Crippen LogP contribution in [0.25, 0.3) is 5.65 Å². The van der Waals surface area contributed by atoms with Crippen LogP contribution < -0.4 is 0 Å². The Bertz CT molecular complexity index is 539. The Morgan fingerprint density at radius 2 is 2.31 bits per heavy atom. The molecule has 0 saturated carbocycles. The van der Waals surface area contributed by atoms with Crippen LogP contribution in [0.4, 0.5) is 0 Å². The van der Waals surface area contributed by atoms with Gasteiger partial charge in [-0.1, -0.05) is 23.2 Å². The van der Waals surface area contributed by atoms with E-state index in [1.54, 1.807) is 18.3 Å². The van der Waals surface area contributed by atoms with E-state index in [0.717, 1.165) is 0 Å². The topological polar surface area (TPSA) is 56.5 Å². The number of methoxy groups -OCH3 is 1. The summed E-state index contributed by atoms with van der Waals surface area (Å²) in [6, 6.07) is 3.26. The number of fused-ring (bicyclic) bond motifs is 1. The molecule has 0 bridgehead atoms. The fourth-order valence-electron chi connectivity index (χ4n) is 1.28. The van der Waals surface area contributed by atoms with Crippen LogP contribution in [0.2, 0.25) is 0 Å². The second kappa shape index (κ2) is 4.27. The first kappa shape index (κ1) is 11.2. The van der Waals surface area contributed by atoms with E-state index < -0.39 is 10.8 Å². The third kappa shape index (κ3) is 1.83. The van der Waals surface area contributed by atoms with Crippen LogP contribution in [0.5, 0.6) is 0 Å². The summed E-state index contributed by atoms with van der Waals surface area (Å²) < 4.78 is 6.06. The lowest BCUT2D eigenvalue weighted by molar-refractivity contribution is 0.0602. The Morgan fingerprint density at radius 1 is 1.56 bits per heavy atom. The van der Waals surface area contributed by atoms with Crippen molar-refractivity contribution in [2.24, 2.45) is 0 Å². The van der Waals surface area contributed by atoms with E-state index in [-0.39, 0.29) is 5.82 Å². The summed E-state index contributed by atoms with van der Waals surface area (Å²) in [4.78, 5) is 14.7. The van der Waals surface area contributed by atoms with Crippen LogP contribution in [0.1, 0.15) is 21.0 Å². The number of carbonyl (C=O) groups is 1. The lowest BCUT2D eigenvalue weighted by Crippen LogP contribution is -2.04. The molecule has 2 aromatic rings. The highest BCUT2D eigenvalue weighted by Gasteiger charge is 2.16. The first-order valence-electron chi connectivity index (χ1n) is 4.35. The number of alkyl halides is 2. The molecule has 0 saturated heterocycles. The molecule has 2 heterocycles. The van der Waals surface area contributed by atoms with Crippen molar-refractivity contribution in [1.82, 2.24) is 14.6 Å². The number of carbonyl (C=O) groups excluding carboxylic acids is 1. The van der Waals surface area contributed by atoms with Gasteiger partial charge in [-0.15, -0.1) is 5.10 Å². The highest BCUT2D eigenvalue weighted by Crippen LogP contribution is 2.22. The van der Waals surface area contributed by atoms with Crippen molar-refractivity contribution in [2.45, 2.75) is 4.84 Å².